The van der Waals surface area contributed by atoms with Gasteiger partial charge in [0.2, 0.25) is 0 Å². The second-order valence-electron chi connectivity index (χ2n) is 9.40. The molecule has 1 aliphatic heterocycles. The van der Waals surface area contributed by atoms with Crippen molar-refractivity contribution < 1.29 is 24.5 Å². The van der Waals surface area contributed by atoms with E-state index in [-0.39, 0.29) is 18.3 Å². The number of aromatic hydroxyl groups is 1. The molecule has 1 aromatic heterocycles. The van der Waals surface area contributed by atoms with Gasteiger partial charge in [0.05, 0.1) is 19.8 Å². The largest absolute Gasteiger partial charge is 0.507 e. The highest BCUT2D eigenvalue weighted by Gasteiger charge is 2.42. The number of hydrogen-bond acceptors (Lipinski definition) is 6. The molecule has 192 valence electrons. The van der Waals surface area contributed by atoms with Gasteiger partial charge in [0.1, 0.15) is 17.1 Å². The average molecular weight is 514 g/mol. The predicted molar refractivity (Wildman–Crippen MR) is 138 cm³/mol. The van der Waals surface area contributed by atoms with Crippen LogP contribution in [0.15, 0.2) is 30.3 Å². The number of aliphatic hydroxyl groups is 1. The van der Waals surface area contributed by atoms with E-state index in [1.807, 2.05) is 18.2 Å². The summed E-state index contributed by atoms with van der Waals surface area (Å²) >= 11 is 6.37. The number of phenols is 1. The zero-order valence-electron chi connectivity index (χ0n) is 21.0. The number of carbonyl (C=O) groups is 1. The Morgan fingerprint density at radius 2 is 2.00 bits per heavy atom. The number of aryl methyl sites for hydroxylation is 1. The van der Waals surface area contributed by atoms with Crippen LogP contribution in [0.1, 0.15) is 59.9 Å². The number of aromatic nitrogens is 2. The van der Waals surface area contributed by atoms with Crippen LogP contribution in [0.5, 0.6) is 17.2 Å². The third-order valence-corrected chi connectivity index (χ3v) is 6.82. The molecule has 0 unspecified atom stereocenters. The number of methoxy groups -OCH3 is 1. The normalized spacial score (nSPS) is 15.0. The first-order chi connectivity index (χ1) is 17.3. The lowest BCUT2D eigenvalue weighted by atomic mass is 9.95. The Morgan fingerprint density at radius 1 is 1.22 bits per heavy atom. The van der Waals surface area contributed by atoms with Gasteiger partial charge in [0, 0.05) is 29.3 Å². The highest BCUT2D eigenvalue weighted by atomic mass is 35.5. The van der Waals surface area contributed by atoms with Gasteiger partial charge in [-0.2, -0.15) is 5.10 Å². The van der Waals surface area contributed by atoms with Crippen molar-refractivity contribution in [3.05, 3.63) is 57.7 Å². The molecule has 36 heavy (non-hydrogen) atoms. The quantitative estimate of drug-likeness (QED) is 0.348. The van der Waals surface area contributed by atoms with Crippen LogP contribution in [-0.2, 0) is 0 Å². The summed E-state index contributed by atoms with van der Waals surface area (Å²) in [6.07, 6.45) is 1.34. The van der Waals surface area contributed by atoms with E-state index in [1.165, 1.54) is 0 Å². The maximum Gasteiger partial charge on any atom is 0.273 e. The lowest BCUT2D eigenvalue weighted by Crippen LogP contribution is -2.31. The Morgan fingerprint density at radius 3 is 2.69 bits per heavy atom. The number of aliphatic hydroxyl groups excluding tert-OH is 1. The number of phenolic OH excluding ortho intramolecular Hbond substituents is 1. The van der Waals surface area contributed by atoms with Gasteiger partial charge in [-0.1, -0.05) is 31.5 Å². The second-order valence-corrected chi connectivity index (χ2v) is 9.81. The lowest BCUT2D eigenvalue weighted by Gasteiger charge is -2.27. The average Bonchev–Trinajstić information content (AvgIpc) is 3.38. The number of carbonyl (C=O) groups excluding carboxylic acids is 1. The number of H-pyrrole nitrogens is 1. The first-order valence-electron chi connectivity index (χ1n) is 12.1. The van der Waals surface area contributed by atoms with E-state index in [4.69, 9.17) is 21.1 Å². The Balaban J connectivity index is 1.80. The molecule has 0 saturated carbocycles. The molecule has 3 N–H and O–H groups in total. The molecule has 2 heterocycles. The second kappa shape index (κ2) is 10.8. The Kier molecular flexibility index (Phi) is 7.76. The van der Waals surface area contributed by atoms with E-state index in [9.17, 15) is 15.0 Å². The maximum atomic E-state index is 13.4. The minimum atomic E-state index is -0.508. The fourth-order valence-corrected chi connectivity index (χ4v) is 4.62. The molecular weight excluding hydrogens is 482 g/mol. The number of benzene rings is 2. The summed E-state index contributed by atoms with van der Waals surface area (Å²) in [5.41, 5.74) is 3.41. The molecule has 1 atom stereocenters. The van der Waals surface area contributed by atoms with Crippen LogP contribution in [0.3, 0.4) is 0 Å². The van der Waals surface area contributed by atoms with E-state index >= 15 is 0 Å². The highest BCUT2D eigenvalue weighted by molar-refractivity contribution is 6.31. The van der Waals surface area contributed by atoms with Crippen molar-refractivity contribution in [2.24, 2.45) is 5.92 Å². The molecule has 0 spiro atoms. The predicted octanol–water partition coefficient (Wildman–Crippen LogP) is 5.11. The zero-order valence-corrected chi connectivity index (χ0v) is 21.7. The molecule has 0 saturated heterocycles. The minimum absolute atomic E-state index is 0.0256. The summed E-state index contributed by atoms with van der Waals surface area (Å²) in [5, 5.41) is 27.9. The van der Waals surface area contributed by atoms with Gasteiger partial charge in [0.25, 0.3) is 5.91 Å². The molecule has 0 fully saturated rings. The standard InChI is InChI=1S/C27H32ClN3O5/c1-15(2)8-11-36-21-7-6-17(13-22(21)35-4)26-23-24(18-14-19(28)16(3)12-20(18)33)29-30-25(23)27(34)31(26)9-5-10-32/h6-7,12-15,26,32-33H,5,8-11H2,1-4H3,(H,29,30)/t26-/m0/s1. The van der Waals surface area contributed by atoms with Gasteiger partial charge in [-0.15, -0.1) is 0 Å². The third-order valence-electron chi connectivity index (χ3n) is 6.41. The van der Waals surface area contributed by atoms with Crippen LogP contribution < -0.4 is 9.47 Å². The number of rotatable bonds is 10. The highest BCUT2D eigenvalue weighted by Crippen LogP contribution is 2.46. The molecule has 2 aromatic carbocycles. The van der Waals surface area contributed by atoms with Crippen molar-refractivity contribution >= 4 is 17.5 Å². The number of halogens is 1. The van der Waals surface area contributed by atoms with Crippen LogP contribution in [0.4, 0.5) is 0 Å². The van der Waals surface area contributed by atoms with Gasteiger partial charge in [-0.3, -0.25) is 9.89 Å². The summed E-state index contributed by atoms with van der Waals surface area (Å²) in [6.45, 7) is 6.96. The van der Waals surface area contributed by atoms with Crippen molar-refractivity contribution in [3.8, 4) is 28.5 Å². The van der Waals surface area contributed by atoms with Crippen LogP contribution >= 0.6 is 11.6 Å². The van der Waals surface area contributed by atoms with Crippen molar-refractivity contribution in [3.63, 3.8) is 0 Å². The number of ether oxygens (including phenoxy) is 2. The summed E-state index contributed by atoms with van der Waals surface area (Å²) in [7, 11) is 1.58. The summed E-state index contributed by atoms with van der Waals surface area (Å²) < 4.78 is 11.6. The topological polar surface area (TPSA) is 108 Å². The molecule has 3 aromatic rings. The summed E-state index contributed by atoms with van der Waals surface area (Å²) in [4.78, 5) is 15.1. The fourth-order valence-electron chi connectivity index (χ4n) is 4.45. The van der Waals surface area contributed by atoms with Crippen molar-refractivity contribution in [2.75, 3.05) is 26.9 Å². The van der Waals surface area contributed by atoms with Crippen LogP contribution in [0, 0.1) is 12.8 Å². The number of nitrogens with zero attached hydrogens (tertiary/aromatic N) is 2. The monoisotopic (exact) mass is 513 g/mol. The molecule has 8 nitrogen and oxygen atoms in total. The first-order valence-corrected chi connectivity index (χ1v) is 12.4. The number of amides is 1. The SMILES string of the molecule is COc1cc([C@H]2c3c(-c4cc(Cl)c(C)cc4O)n[nH]c3C(=O)N2CCCO)ccc1OCCC(C)C. The molecular formula is C27H32ClN3O5. The van der Waals surface area contributed by atoms with E-state index in [1.54, 1.807) is 31.1 Å². The van der Waals surface area contributed by atoms with Gasteiger partial charge in [-0.05, 0) is 61.1 Å². The molecule has 1 aliphatic rings. The van der Waals surface area contributed by atoms with E-state index in [0.29, 0.717) is 64.5 Å². The molecule has 0 bridgehead atoms. The van der Waals surface area contributed by atoms with Crippen molar-refractivity contribution in [1.82, 2.24) is 15.1 Å². The number of fused-ring (bicyclic) bond motifs is 1. The van der Waals surface area contributed by atoms with Crippen molar-refractivity contribution in [1.29, 1.82) is 0 Å². The van der Waals surface area contributed by atoms with Crippen LogP contribution in [-0.4, -0.2) is 58.1 Å². The molecule has 1 amide bonds. The van der Waals surface area contributed by atoms with Gasteiger partial charge in [0.15, 0.2) is 11.5 Å². The van der Waals surface area contributed by atoms with E-state index in [2.05, 4.69) is 24.0 Å². The van der Waals surface area contributed by atoms with E-state index in [0.717, 1.165) is 17.5 Å². The van der Waals surface area contributed by atoms with Gasteiger partial charge in [-0.25, -0.2) is 0 Å². The Bertz CT molecular complexity index is 1260. The van der Waals surface area contributed by atoms with Crippen LogP contribution in [0.2, 0.25) is 5.02 Å². The Hall–Kier alpha value is -3.23. The fraction of sp³-hybridized carbons (Fsp3) is 0.407. The Labute approximate surface area is 215 Å². The molecule has 0 aliphatic carbocycles. The number of nitrogens with one attached hydrogen (secondary N) is 1. The molecule has 0 radical (unpaired) electrons. The van der Waals surface area contributed by atoms with E-state index < -0.39 is 6.04 Å². The van der Waals surface area contributed by atoms with Gasteiger partial charge < -0.3 is 24.6 Å². The first kappa shape index (κ1) is 25.9. The zero-order chi connectivity index (χ0) is 26.0. The number of aromatic amines is 1. The number of hydrogen-bond donors (Lipinski definition) is 3. The smallest absolute Gasteiger partial charge is 0.273 e. The summed E-state index contributed by atoms with van der Waals surface area (Å²) in [5.74, 6) is 1.51. The van der Waals surface area contributed by atoms with Crippen LogP contribution in [0.25, 0.3) is 11.3 Å². The maximum absolute atomic E-state index is 13.4. The summed E-state index contributed by atoms with van der Waals surface area (Å²) in [6, 6.07) is 8.35. The molecule has 4 rings (SSSR count). The minimum Gasteiger partial charge on any atom is -0.507 e. The molecule has 9 heteroatoms. The third kappa shape index (κ3) is 4.88. The van der Waals surface area contributed by atoms with Crippen molar-refractivity contribution in [2.45, 2.75) is 39.7 Å². The lowest BCUT2D eigenvalue weighted by molar-refractivity contribution is 0.0732. The van der Waals surface area contributed by atoms with Gasteiger partial charge >= 0.3 is 0 Å².